The number of hydrogen-bond acceptors (Lipinski definition) is 1. The molecule has 1 atom stereocenters. The smallest absolute Gasteiger partial charge is 0.0540 e. The van der Waals surface area contributed by atoms with E-state index in [0.717, 1.165) is 23.5 Å². The highest BCUT2D eigenvalue weighted by Gasteiger charge is 2.41. The Morgan fingerprint density at radius 1 is 0.390 bits per heavy atom. The number of rotatable bonds is 7. The molecule has 59 heavy (non-hydrogen) atoms. The molecule has 0 N–H and O–H groups in total. The van der Waals surface area contributed by atoms with Crippen LogP contribution in [-0.4, -0.2) is 0 Å². The molecule has 1 nitrogen and oxygen atoms in total. The minimum absolute atomic E-state index is 0.302. The van der Waals surface area contributed by atoms with Crippen LogP contribution in [0.3, 0.4) is 0 Å². The fourth-order valence-electron chi connectivity index (χ4n) is 10.3. The summed E-state index contributed by atoms with van der Waals surface area (Å²) >= 11 is 0. The second-order valence-electron chi connectivity index (χ2n) is 16.4. The maximum Gasteiger partial charge on any atom is 0.0540 e. The quantitative estimate of drug-likeness (QED) is 0.157. The number of aryl methyl sites for hydroxylation is 1. The van der Waals surface area contributed by atoms with Crippen molar-refractivity contribution < 1.29 is 0 Å². The summed E-state index contributed by atoms with van der Waals surface area (Å²) in [6.45, 7) is 2.40. The molecule has 0 amide bonds. The summed E-state index contributed by atoms with van der Waals surface area (Å²) in [6, 6.07) is 76.6. The maximum absolute atomic E-state index is 2.46. The van der Waals surface area contributed by atoms with E-state index in [-0.39, 0.29) is 5.41 Å². The SMILES string of the molecule is CC1(c2ccccc2)c2ccccc2-c2ccc(N(c3ccc(-c4ccc(-c5cccc6c5CCCC6)c5ccccc45)cc3)c3ccccc3-c3ccccc3)cc21. The van der Waals surface area contributed by atoms with E-state index in [1.807, 2.05) is 0 Å². The van der Waals surface area contributed by atoms with Gasteiger partial charge in [0.2, 0.25) is 0 Å². The number of benzene rings is 9. The molecule has 0 heterocycles. The van der Waals surface area contributed by atoms with Crippen LogP contribution < -0.4 is 4.90 Å². The van der Waals surface area contributed by atoms with Crippen molar-refractivity contribution in [3.63, 3.8) is 0 Å². The van der Waals surface area contributed by atoms with Gasteiger partial charge in [-0.15, -0.1) is 0 Å². The zero-order valence-corrected chi connectivity index (χ0v) is 33.4. The number of para-hydroxylation sites is 1. The first-order chi connectivity index (χ1) is 29.2. The molecular formula is C58H45N. The molecule has 9 aromatic rings. The van der Waals surface area contributed by atoms with Gasteiger partial charge in [0, 0.05) is 22.4 Å². The van der Waals surface area contributed by atoms with Gasteiger partial charge in [-0.05, 0) is 140 Å². The molecule has 0 radical (unpaired) electrons. The Morgan fingerprint density at radius 3 is 1.78 bits per heavy atom. The Balaban J connectivity index is 1.06. The Labute approximate surface area is 347 Å². The van der Waals surface area contributed by atoms with Crippen molar-refractivity contribution in [3.05, 3.63) is 234 Å². The van der Waals surface area contributed by atoms with Crippen molar-refractivity contribution in [2.24, 2.45) is 0 Å². The van der Waals surface area contributed by atoms with Crippen molar-refractivity contribution in [1.82, 2.24) is 0 Å². The van der Waals surface area contributed by atoms with Crippen molar-refractivity contribution >= 4 is 27.8 Å². The van der Waals surface area contributed by atoms with E-state index in [9.17, 15) is 0 Å². The lowest BCUT2D eigenvalue weighted by Crippen LogP contribution is -2.22. The van der Waals surface area contributed by atoms with Gasteiger partial charge < -0.3 is 4.90 Å². The second kappa shape index (κ2) is 14.5. The molecule has 11 rings (SSSR count). The number of nitrogens with zero attached hydrogens (tertiary/aromatic N) is 1. The van der Waals surface area contributed by atoms with E-state index in [1.165, 1.54) is 102 Å². The molecule has 0 bridgehead atoms. The first-order valence-electron chi connectivity index (χ1n) is 21.1. The van der Waals surface area contributed by atoms with Gasteiger partial charge in [0.05, 0.1) is 5.69 Å². The van der Waals surface area contributed by atoms with Gasteiger partial charge >= 0.3 is 0 Å². The molecule has 0 saturated carbocycles. The van der Waals surface area contributed by atoms with Gasteiger partial charge in [-0.25, -0.2) is 0 Å². The van der Waals surface area contributed by atoms with E-state index >= 15 is 0 Å². The van der Waals surface area contributed by atoms with Gasteiger partial charge in [-0.3, -0.25) is 0 Å². The Bertz CT molecular complexity index is 3000. The molecule has 0 fully saturated rings. The van der Waals surface area contributed by atoms with Crippen LogP contribution in [0.1, 0.15) is 47.6 Å². The summed E-state index contributed by atoms with van der Waals surface area (Å²) in [5.74, 6) is 0. The predicted molar refractivity (Wildman–Crippen MR) is 249 cm³/mol. The number of hydrogen-bond donors (Lipinski definition) is 0. The molecule has 9 aromatic carbocycles. The van der Waals surface area contributed by atoms with Crippen molar-refractivity contribution in [1.29, 1.82) is 0 Å². The molecule has 1 unspecified atom stereocenters. The van der Waals surface area contributed by atoms with Crippen molar-refractivity contribution in [2.75, 3.05) is 4.90 Å². The summed E-state index contributed by atoms with van der Waals surface area (Å²) in [7, 11) is 0. The van der Waals surface area contributed by atoms with Crippen LogP contribution >= 0.6 is 0 Å². The third kappa shape index (κ3) is 5.83. The molecule has 282 valence electrons. The first-order valence-corrected chi connectivity index (χ1v) is 21.1. The number of anilines is 3. The van der Waals surface area contributed by atoms with Crippen LogP contribution in [0, 0.1) is 0 Å². The van der Waals surface area contributed by atoms with Crippen LogP contribution in [-0.2, 0) is 18.3 Å². The Kier molecular flexibility index (Phi) is 8.63. The molecule has 0 aliphatic heterocycles. The van der Waals surface area contributed by atoms with Gasteiger partial charge in [-0.2, -0.15) is 0 Å². The lowest BCUT2D eigenvalue weighted by molar-refractivity contribution is 0.687. The van der Waals surface area contributed by atoms with Crippen molar-refractivity contribution in [3.8, 4) is 44.5 Å². The standard InChI is InChI=1S/C58H45N/c1-58(43-21-6-3-7-22-43)55-29-14-12-27-53(55)54-36-35-45(39-56(54)58)59(57-30-15-13-24-48(57)41-17-4-2-5-18-41)44-33-31-42(32-34-44)47-37-38-52(51-26-11-10-25-49(47)51)50-28-16-20-40-19-8-9-23-46(40)50/h2-7,10-18,20-22,24-39H,8-9,19,23H2,1H3. The first kappa shape index (κ1) is 35.2. The van der Waals surface area contributed by atoms with Crippen LogP contribution in [0.4, 0.5) is 17.1 Å². The lowest BCUT2D eigenvalue weighted by Gasteiger charge is -2.31. The maximum atomic E-state index is 2.46. The summed E-state index contributed by atoms with van der Waals surface area (Å²) in [6.07, 6.45) is 4.90. The van der Waals surface area contributed by atoms with E-state index in [0.29, 0.717) is 0 Å². The third-order valence-electron chi connectivity index (χ3n) is 13.2. The van der Waals surface area contributed by atoms with E-state index in [4.69, 9.17) is 0 Å². The van der Waals surface area contributed by atoms with Crippen LogP contribution in [0.2, 0.25) is 0 Å². The van der Waals surface area contributed by atoms with Gasteiger partial charge in [0.1, 0.15) is 0 Å². The molecular weight excluding hydrogens is 711 g/mol. The van der Waals surface area contributed by atoms with Crippen LogP contribution in [0.5, 0.6) is 0 Å². The highest BCUT2D eigenvalue weighted by atomic mass is 15.1. The Hall–Kier alpha value is -6.96. The van der Waals surface area contributed by atoms with Crippen molar-refractivity contribution in [2.45, 2.75) is 38.0 Å². The average Bonchev–Trinajstić information content (AvgIpc) is 3.57. The minimum atomic E-state index is -0.302. The molecule has 2 aliphatic rings. The van der Waals surface area contributed by atoms with Gasteiger partial charge in [0.15, 0.2) is 0 Å². The average molecular weight is 756 g/mol. The van der Waals surface area contributed by atoms with E-state index in [1.54, 1.807) is 0 Å². The highest BCUT2D eigenvalue weighted by Crippen LogP contribution is 2.54. The van der Waals surface area contributed by atoms with Crippen LogP contribution in [0.25, 0.3) is 55.3 Å². The fraction of sp³-hybridized carbons (Fsp3) is 0.103. The largest absolute Gasteiger partial charge is 0.310 e. The van der Waals surface area contributed by atoms with E-state index in [2.05, 4.69) is 218 Å². The minimum Gasteiger partial charge on any atom is -0.310 e. The van der Waals surface area contributed by atoms with E-state index < -0.39 is 0 Å². The molecule has 2 aliphatic carbocycles. The normalized spacial score (nSPS) is 15.3. The Morgan fingerprint density at radius 2 is 0.966 bits per heavy atom. The monoisotopic (exact) mass is 755 g/mol. The van der Waals surface area contributed by atoms with Crippen LogP contribution in [0.15, 0.2) is 206 Å². The molecule has 0 aromatic heterocycles. The topological polar surface area (TPSA) is 3.24 Å². The van der Waals surface area contributed by atoms with Gasteiger partial charge in [0.25, 0.3) is 0 Å². The summed E-state index contributed by atoms with van der Waals surface area (Å²) in [5.41, 5.74) is 20.3. The molecule has 1 heteroatoms. The highest BCUT2D eigenvalue weighted by molar-refractivity contribution is 6.05. The summed E-state index contributed by atoms with van der Waals surface area (Å²) < 4.78 is 0. The molecule has 0 saturated heterocycles. The predicted octanol–water partition coefficient (Wildman–Crippen LogP) is 15.5. The lowest BCUT2D eigenvalue weighted by atomic mass is 9.74. The molecule has 0 spiro atoms. The number of fused-ring (bicyclic) bond motifs is 5. The zero-order valence-electron chi connectivity index (χ0n) is 33.4. The third-order valence-corrected chi connectivity index (χ3v) is 13.2. The summed E-state index contributed by atoms with van der Waals surface area (Å²) in [5, 5.41) is 2.60. The zero-order chi connectivity index (χ0) is 39.3. The van der Waals surface area contributed by atoms with Gasteiger partial charge in [-0.1, -0.05) is 176 Å². The second-order valence-corrected chi connectivity index (χ2v) is 16.4. The summed E-state index contributed by atoms with van der Waals surface area (Å²) in [4.78, 5) is 2.46. The fourth-order valence-corrected chi connectivity index (χ4v) is 10.3.